The number of hydrogen-bond donors (Lipinski definition) is 0. The molecule has 0 aliphatic heterocycles. The first-order valence-electron chi connectivity index (χ1n) is 5.80. The molecule has 1 aromatic rings. The van der Waals surface area contributed by atoms with Gasteiger partial charge in [-0.3, -0.25) is 0 Å². The van der Waals surface area contributed by atoms with Gasteiger partial charge in [-0.1, -0.05) is 6.92 Å². The molecule has 1 rings (SSSR count). The van der Waals surface area contributed by atoms with Gasteiger partial charge >= 0.3 is 8.56 Å². The standard InChI is InChI=1S/C12H15F5O2Si/c1-6(5-20(4,18-2)19-3)7-8(13)10(15)12(17)11(16)9(7)14/h6H,5H2,1-4H3. The van der Waals surface area contributed by atoms with E-state index in [0.717, 1.165) is 0 Å². The first-order chi connectivity index (χ1) is 9.18. The summed E-state index contributed by atoms with van der Waals surface area (Å²) in [6, 6.07) is 0.0539. The molecule has 0 saturated heterocycles. The van der Waals surface area contributed by atoms with E-state index in [1.165, 1.54) is 21.1 Å². The van der Waals surface area contributed by atoms with Gasteiger partial charge < -0.3 is 8.85 Å². The third-order valence-corrected chi connectivity index (χ3v) is 6.36. The first kappa shape index (κ1) is 17.1. The Bertz CT molecular complexity index is 476. The van der Waals surface area contributed by atoms with Crippen LogP contribution in [0.5, 0.6) is 0 Å². The first-order valence-corrected chi connectivity index (χ1v) is 8.32. The number of halogens is 5. The van der Waals surface area contributed by atoms with Crippen LogP contribution >= 0.6 is 0 Å². The maximum Gasteiger partial charge on any atom is 0.335 e. The summed E-state index contributed by atoms with van der Waals surface area (Å²) in [7, 11) is 0.0425. The number of benzene rings is 1. The zero-order valence-corrected chi connectivity index (χ0v) is 12.5. The van der Waals surface area contributed by atoms with Gasteiger partial charge in [-0.05, 0) is 18.5 Å². The fraction of sp³-hybridized carbons (Fsp3) is 0.500. The van der Waals surface area contributed by atoms with E-state index in [9.17, 15) is 22.0 Å². The van der Waals surface area contributed by atoms with E-state index >= 15 is 0 Å². The minimum absolute atomic E-state index is 0.0539. The van der Waals surface area contributed by atoms with E-state index in [1.807, 2.05) is 0 Å². The Hall–Kier alpha value is -0.993. The van der Waals surface area contributed by atoms with Gasteiger partial charge in [-0.2, -0.15) is 0 Å². The second kappa shape index (κ2) is 6.19. The average Bonchev–Trinajstić information content (AvgIpc) is 2.43. The van der Waals surface area contributed by atoms with E-state index < -0.39 is 49.1 Å². The second-order valence-electron chi connectivity index (χ2n) is 4.63. The van der Waals surface area contributed by atoms with Gasteiger partial charge in [-0.15, -0.1) is 0 Å². The van der Waals surface area contributed by atoms with Crippen molar-refractivity contribution in [2.45, 2.75) is 25.4 Å². The van der Waals surface area contributed by atoms with Gasteiger partial charge in [-0.25, -0.2) is 22.0 Å². The highest BCUT2D eigenvalue weighted by molar-refractivity contribution is 6.66. The largest absolute Gasteiger partial charge is 0.398 e. The van der Waals surface area contributed by atoms with Gasteiger partial charge in [0, 0.05) is 19.8 Å². The van der Waals surface area contributed by atoms with Crippen molar-refractivity contribution in [3.05, 3.63) is 34.6 Å². The summed E-state index contributed by atoms with van der Waals surface area (Å²) >= 11 is 0. The van der Waals surface area contributed by atoms with Crippen LogP contribution in [-0.4, -0.2) is 22.8 Å². The number of hydrogen-bond acceptors (Lipinski definition) is 2. The van der Waals surface area contributed by atoms with Crippen LogP contribution in [0, 0.1) is 29.1 Å². The molecule has 20 heavy (non-hydrogen) atoms. The topological polar surface area (TPSA) is 18.5 Å². The van der Waals surface area contributed by atoms with Gasteiger partial charge in [0.15, 0.2) is 23.3 Å². The van der Waals surface area contributed by atoms with Crippen molar-refractivity contribution in [1.29, 1.82) is 0 Å². The minimum Gasteiger partial charge on any atom is -0.398 e. The quantitative estimate of drug-likeness (QED) is 0.356. The molecule has 8 heteroatoms. The summed E-state index contributed by atoms with van der Waals surface area (Å²) in [5.74, 6) is -10.6. The van der Waals surface area contributed by atoms with E-state index in [-0.39, 0.29) is 6.04 Å². The molecule has 0 radical (unpaired) electrons. The second-order valence-corrected chi connectivity index (χ2v) is 8.12. The maximum absolute atomic E-state index is 13.6. The van der Waals surface area contributed by atoms with E-state index in [4.69, 9.17) is 8.85 Å². The molecule has 0 fully saturated rings. The molecule has 0 bridgehead atoms. The highest BCUT2D eigenvalue weighted by Crippen LogP contribution is 2.33. The molecule has 1 unspecified atom stereocenters. The molecule has 1 aromatic carbocycles. The van der Waals surface area contributed by atoms with Gasteiger partial charge in [0.2, 0.25) is 5.82 Å². The van der Waals surface area contributed by atoms with Crippen molar-refractivity contribution in [1.82, 2.24) is 0 Å². The molecular weight excluding hydrogens is 299 g/mol. The summed E-state index contributed by atoms with van der Waals surface area (Å²) in [5.41, 5.74) is -0.839. The van der Waals surface area contributed by atoms with Crippen molar-refractivity contribution in [2.75, 3.05) is 14.2 Å². The van der Waals surface area contributed by atoms with Gasteiger partial charge in [0.1, 0.15) is 0 Å². The Morgan fingerprint density at radius 2 is 1.20 bits per heavy atom. The predicted molar refractivity (Wildman–Crippen MR) is 65.1 cm³/mol. The van der Waals surface area contributed by atoms with Gasteiger partial charge in [0.05, 0.1) is 0 Å². The summed E-state index contributed by atoms with van der Waals surface area (Å²) in [6.07, 6.45) is 0. The molecule has 0 heterocycles. The summed E-state index contributed by atoms with van der Waals surface area (Å²) in [6.45, 7) is 3.00. The molecule has 114 valence electrons. The van der Waals surface area contributed by atoms with Crippen LogP contribution in [-0.2, 0) is 8.85 Å². The Labute approximate surface area is 114 Å². The van der Waals surface area contributed by atoms with Crippen LogP contribution in [0.15, 0.2) is 0 Å². The molecule has 1 atom stereocenters. The molecular formula is C12H15F5O2Si. The highest BCUT2D eigenvalue weighted by Gasteiger charge is 2.36. The lowest BCUT2D eigenvalue weighted by molar-refractivity contribution is 0.246. The zero-order chi connectivity index (χ0) is 15.7. The van der Waals surface area contributed by atoms with Crippen LogP contribution in [0.3, 0.4) is 0 Å². The zero-order valence-electron chi connectivity index (χ0n) is 11.5. The molecule has 0 saturated carbocycles. The molecule has 2 nitrogen and oxygen atoms in total. The normalized spacial score (nSPS) is 13.7. The van der Waals surface area contributed by atoms with E-state index in [0.29, 0.717) is 0 Å². The third kappa shape index (κ3) is 3.02. The van der Waals surface area contributed by atoms with E-state index in [2.05, 4.69) is 0 Å². The van der Waals surface area contributed by atoms with Crippen molar-refractivity contribution in [2.24, 2.45) is 0 Å². The monoisotopic (exact) mass is 314 g/mol. The molecule has 0 amide bonds. The Morgan fingerprint density at radius 1 is 0.850 bits per heavy atom. The van der Waals surface area contributed by atoms with Gasteiger partial charge in [0.25, 0.3) is 0 Å². The molecule has 0 spiro atoms. The Balaban J connectivity index is 3.27. The number of rotatable bonds is 5. The minimum atomic E-state index is -2.71. The maximum atomic E-state index is 13.6. The van der Waals surface area contributed by atoms with Crippen LogP contribution in [0.25, 0.3) is 0 Å². The third-order valence-electron chi connectivity index (χ3n) is 3.28. The van der Waals surface area contributed by atoms with Crippen LogP contribution in [0.2, 0.25) is 12.6 Å². The van der Waals surface area contributed by atoms with Crippen molar-refractivity contribution < 1.29 is 30.8 Å². The predicted octanol–water partition coefficient (Wildman–Crippen LogP) is 3.85. The van der Waals surface area contributed by atoms with Crippen LogP contribution in [0.4, 0.5) is 22.0 Å². The Kier molecular flexibility index (Phi) is 5.28. The fourth-order valence-corrected chi connectivity index (χ4v) is 3.78. The smallest absolute Gasteiger partial charge is 0.335 e. The average molecular weight is 314 g/mol. The summed E-state index contributed by atoms with van der Waals surface area (Å²) < 4.78 is 76.9. The Morgan fingerprint density at radius 3 is 1.55 bits per heavy atom. The fourth-order valence-electron chi connectivity index (χ4n) is 1.96. The molecule has 0 aliphatic carbocycles. The lowest BCUT2D eigenvalue weighted by Gasteiger charge is -2.26. The van der Waals surface area contributed by atoms with Crippen LogP contribution in [0.1, 0.15) is 18.4 Å². The molecule has 0 aliphatic rings. The lowest BCUT2D eigenvalue weighted by Crippen LogP contribution is -2.37. The van der Waals surface area contributed by atoms with Crippen LogP contribution < -0.4 is 0 Å². The van der Waals surface area contributed by atoms with E-state index in [1.54, 1.807) is 6.55 Å². The summed E-state index contributed by atoms with van der Waals surface area (Å²) in [5, 5.41) is 0. The van der Waals surface area contributed by atoms with Crippen molar-refractivity contribution >= 4 is 8.56 Å². The molecule has 0 N–H and O–H groups in total. The lowest BCUT2D eigenvalue weighted by atomic mass is 10.0. The SMILES string of the molecule is CO[Si](C)(CC(C)c1c(F)c(F)c(F)c(F)c1F)OC. The summed E-state index contributed by atoms with van der Waals surface area (Å²) in [4.78, 5) is 0. The highest BCUT2D eigenvalue weighted by atomic mass is 28.4. The van der Waals surface area contributed by atoms with Crippen molar-refractivity contribution in [3.8, 4) is 0 Å². The molecule has 0 aromatic heterocycles. The van der Waals surface area contributed by atoms with Crippen molar-refractivity contribution in [3.63, 3.8) is 0 Å².